The predicted molar refractivity (Wildman–Crippen MR) is 81.0 cm³/mol. The number of rotatable bonds is 5. The van der Waals surface area contributed by atoms with E-state index in [1.807, 2.05) is 41.5 Å². The van der Waals surface area contributed by atoms with Crippen molar-refractivity contribution in [3.63, 3.8) is 0 Å². The van der Waals surface area contributed by atoms with Crippen molar-refractivity contribution < 1.29 is 4.39 Å². The molecule has 0 aromatic rings. The van der Waals surface area contributed by atoms with Crippen LogP contribution in [0.2, 0.25) is 5.21 Å². The number of halogens is 1. The molecule has 0 saturated carbocycles. The summed E-state index contributed by atoms with van der Waals surface area (Å²) in [5.41, 5.74) is -3.75. The molecule has 98 valence electrons. The molecule has 18 heavy (non-hydrogen) atoms. The van der Waals surface area contributed by atoms with E-state index in [2.05, 4.69) is 0 Å². The summed E-state index contributed by atoms with van der Waals surface area (Å²) >= 11 is 0. The molecule has 0 rings (SSSR count). The van der Waals surface area contributed by atoms with E-state index in [0.717, 1.165) is 0 Å². The van der Waals surface area contributed by atoms with E-state index < -0.39 is 21.6 Å². The van der Waals surface area contributed by atoms with E-state index in [0.29, 0.717) is 0 Å². The maximum absolute atomic E-state index is 15.4. The summed E-state index contributed by atoms with van der Waals surface area (Å²) < 4.78 is 15.4. The molecule has 0 spiro atoms. The zero-order valence-corrected chi connectivity index (χ0v) is 13.3. The molecule has 0 N–H and O–H groups in total. The third kappa shape index (κ3) is 2.41. The first kappa shape index (κ1) is 18.1. The van der Waals surface area contributed by atoms with Crippen LogP contribution in [0.3, 0.4) is 0 Å². The fraction of sp³-hybridized carbons (Fsp3) is 1.00. The largest absolute Gasteiger partial charge is 0.254 e. The van der Waals surface area contributed by atoms with Crippen molar-refractivity contribution >= 4 is 23.5 Å². The average Bonchev–Trinajstić information content (AvgIpc) is 2.15. The Morgan fingerprint density at radius 2 is 1.11 bits per heavy atom. The fourth-order valence-electron chi connectivity index (χ4n) is 2.26. The lowest BCUT2D eigenvalue weighted by Gasteiger charge is -2.59. The van der Waals surface area contributed by atoms with E-state index >= 15 is 4.39 Å². The van der Waals surface area contributed by atoms with Crippen LogP contribution >= 0.6 is 0 Å². The quantitative estimate of drug-likeness (QED) is 0.649. The molecule has 4 heteroatoms. The van der Waals surface area contributed by atoms with E-state index in [9.17, 15) is 0 Å². The lowest BCUT2D eigenvalue weighted by atomic mass is 9.31. The Morgan fingerprint density at radius 3 is 1.33 bits per heavy atom. The predicted octanol–water partition coefficient (Wildman–Crippen LogP) is 3.64. The minimum atomic E-state index is -1.97. The molecule has 0 aromatic heterocycles. The third-order valence-electron chi connectivity index (χ3n) is 5.33. The van der Waals surface area contributed by atoms with Crippen LogP contribution < -0.4 is 0 Å². The van der Waals surface area contributed by atoms with Crippen molar-refractivity contribution in [2.45, 2.75) is 66.2 Å². The van der Waals surface area contributed by atoms with Crippen molar-refractivity contribution in [2.75, 3.05) is 0 Å². The molecule has 0 bridgehead atoms. The lowest BCUT2D eigenvalue weighted by Crippen LogP contribution is -2.60. The maximum Gasteiger partial charge on any atom is 0.122 e. The molecule has 0 aromatic carbocycles. The molecule has 0 aliphatic carbocycles. The molecule has 1 atom stereocenters. The minimum absolute atomic E-state index is 0.0749. The van der Waals surface area contributed by atoms with Gasteiger partial charge in [0.25, 0.3) is 0 Å². The first-order chi connectivity index (χ1) is 7.64. The van der Waals surface area contributed by atoms with Gasteiger partial charge in [0.1, 0.15) is 7.85 Å². The highest BCUT2D eigenvalue weighted by Gasteiger charge is 2.58. The molecule has 0 aliphatic heterocycles. The minimum Gasteiger partial charge on any atom is -0.254 e. The molecule has 0 fully saturated rings. The van der Waals surface area contributed by atoms with Crippen molar-refractivity contribution in [1.29, 1.82) is 0 Å². The summed E-state index contributed by atoms with van der Waals surface area (Å²) in [4.78, 5) is 0. The van der Waals surface area contributed by atoms with Gasteiger partial charge < -0.3 is 0 Å². The first-order valence-electron chi connectivity index (χ1n) is 6.69. The Morgan fingerprint density at radius 1 is 0.778 bits per heavy atom. The second kappa shape index (κ2) is 4.91. The topological polar surface area (TPSA) is 0 Å². The molecule has 0 heterocycles. The molecule has 0 amide bonds. The third-order valence-corrected chi connectivity index (χ3v) is 5.33. The zero-order chi connectivity index (χ0) is 15.2. The van der Waals surface area contributed by atoms with Gasteiger partial charge in [-0.1, -0.05) is 66.5 Å². The standard InChI is InChI=1S/C14H26B3F/c1-9(2)11(5,6)14(17,18)12(7,8)13(15,16)10(3)4/h9-10H,1-8H3. The van der Waals surface area contributed by atoms with Gasteiger partial charge in [-0.2, -0.15) is 0 Å². The van der Waals surface area contributed by atoms with Gasteiger partial charge >= 0.3 is 0 Å². The van der Waals surface area contributed by atoms with Gasteiger partial charge in [-0.25, -0.2) is 0 Å². The lowest BCUT2D eigenvalue weighted by molar-refractivity contribution is -0.0545. The molecule has 1 unspecified atom stereocenters. The number of hydrogen-bond acceptors (Lipinski definition) is 0. The van der Waals surface area contributed by atoms with Crippen LogP contribution in [0.5, 0.6) is 0 Å². The molecular formula is C14H26B3F. The van der Waals surface area contributed by atoms with Crippen LogP contribution in [0.4, 0.5) is 4.39 Å². The average molecular weight is 246 g/mol. The van der Waals surface area contributed by atoms with Gasteiger partial charge in [0.05, 0.1) is 21.3 Å². The van der Waals surface area contributed by atoms with Gasteiger partial charge in [0.15, 0.2) is 0 Å². The van der Waals surface area contributed by atoms with Gasteiger partial charge in [-0.05, 0) is 16.7 Å². The Bertz CT molecular complexity index is 261. The van der Waals surface area contributed by atoms with Crippen LogP contribution in [0, 0.1) is 22.7 Å². The second-order valence-corrected chi connectivity index (χ2v) is 7.30. The van der Waals surface area contributed by atoms with Crippen LogP contribution in [-0.2, 0) is 0 Å². The summed E-state index contributed by atoms with van der Waals surface area (Å²) in [7, 11) is 18.4. The molecule has 6 radical (unpaired) electrons. The second-order valence-electron chi connectivity index (χ2n) is 7.30. The zero-order valence-electron chi connectivity index (χ0n) is 13.3. The highest BCUT2D eigenvalue weighted by Crippen LogP contribution is 2.59. The van der Waals surface area contributed by atoms with Crippen molar-refractivity contribution in [1.82, 2.24) is 0 Å². The van der Waals surface area contributed by atoms with E-state index in [-0.39, 0.29) is 11.8 Å². The van der Waals surface area contributed by atoms with Crippen molar-refractivity contribution in [3.05, 3.63) is 0 Å². The normalized spacial score (nSPS) is 18.2. The van der Waals surface area contributed by atoms with Crippen molar-refractivity contribution in [2.24, 2.45) is 22.7 Å². The van der Waals surface area contributed by atoms with Crippen LogP contribution in [0.25, 0.3) is 0 Å². The Hall–Kier alpha value is 0.125. The van der Waals surface area contributed by atoms with Gasteiger partial charge in [0, 0.05) is 0 Å². The summed E-state index contributed by atoms with van der Waals surface area (Å²) in [6.07, 6.45) is 0. The number of hydrogen-bond donors (Lipinski definition) is 0. The molecule has 0 saturated heterocycles. The van der Waals surface area contributed by atoms with E-state index in [1.165, 1.54) is 0 Å². The van der Waals surface area contributed by atoms with Crippen LogP contribution in [0.1, 0.15) is 55.4 Å². The molecule has 0 aliphatic rings. The Kier molecular flexibility index (Phi) is 4.94. The SMILES string of the molecule is [B]C([B])(C(C)C)C(C)(C)C([B])(F)C(C)(C)C(C)C. The van der Waals surface area contributed by atoms with E-state index in [4.69, 9.17) is 23.5 Å². The highest BCUT2D eigenvalue weighted by molar-refractivity contribution is 6.41. The van der Waals surface area contributed by atoms with Gasteiger partial charge in [-0.3, -0.25) is 4.39 Å². The van der Waals surface area contributed by atoms with Crippen LogP contribution in [-0.4, -0.2) is 29.1 Å². The Labute approximate surface area is 117 Å². The fourth-order valence-corrected chi connectivity index (χ4v) is 2.26. The maximum atomic E-state index is 15.4. The summed E-state index contributed by atoms with van der Waals surface area (Å²) in [5, 5.41) is -1.18. The first-order valence-corrected chi connectivity index (χ1v) is 6.69. The highest BCUT2D eigenvalue weighted by atomic mass is 19.1. The van der Waals surface area contributed by atoms with Gasteiger partial charge in [0.2, 0.25) is 0 Å². The summed E-state index contributed by atoms with van der Waals surface area (Å²) in [6, 6.07) is 0. The van der Waals surface area contributed by atoms with Crippen LogP contribution in [0.15, 0.2) is 0 Å². The summed E-state index contributed by atoms with van der Waals surface area (Å²) in [6.45, 7) is 14.8. The molecule has 0 nitrogen and oxygen atoms in total. The molecular weight excluding hydrogens is 220 g/mol. The Balaban J connectivity index is 5.74. The van der Waals surface area contributed by atoms with Crippen molar-refractivity contribution in [3.8, 4) is 0 Å². The van der Waals surface area contributed by atoms with Gasteiger partial charge in [-0.15, -0.1) is 0 Å². The van der Waals surface area contributed by atoms with E-state index in [1.54, 1.807) is 13.8 Å². The monoisotopic (exact) mass is 246 g/mol. The number of alkyl halides is 1. The smallest absolute Gasteiger partial charge is 0.122 e. The summed E-state index contributed by atoms with van der Waals surface area (Å²) in [5.74, 6) is 0.00359.